The fourth-order valence-corrected chi connectivity index (χ4v) is 9.59. The van der Waals surface area contributed by atoms with E-state index in [-0.39, 0.29) is 11.8 Å². The predicted molar refractivity (Wildman–Crippen MR) is 220 cm³/mol. The Morgan fingerprint density at radius 2 is 1.20 bits per heavy atom. The first-order valence-electron chi connectivity index (χ1n) is 18.8. The summed E-state index contributed by atoms with van der Waals surface area (Å²) in [5.74, 6) is 2.47. The molecule has 2 heterocycles. The third-order valence-corrected chi connectivity index (χ3v) is 11.9. The van der Waals surface area contributed by atoms with Crippen LogP contribution in [0.5, 0.6) is 0 Å². The lowest BCUT2D eigenvalue weighted by atomic mass is 9.64. The molecule has 0 N–H and O–H groups in total. The smallest absolute Gasteiger partial charge is 0.238 e. The van der Waals surface area contributed by atoms with E-state index >= 15 is 0 Å². The van der Waals surface area contributed by atoms with Crippen molar-refractivity contribution in [2.24, 2.45) is 0 Å². The fraction of sp³-hybridized carbons (Fsp3) is 0.0600. The molecule has 2 aromatic heterocycles. The van der Waals surface area contributed by atoms with Crippen LogP contribution in [0, 0.1) is 0 Å². The van der Waals surface area contributed by atoms with Gasteiger partial charge in [0, 0.05) is 28.3 Å². The summed E-state index contributed by atoms with van der Waals surface area (Å²) in [7, 11) is 0. The average Bonchev–Trinajstić information content (AvgIpc) is 3.59. The molecule has 4 nitrogen and oxygen atoms in total. The van der Waals surface area contributed by atoms with Gasteiger partial charge in [-0.05, 0) is 85.1 Å². The van der Waals surface area contributed by atoms with Gasteiger partial charge < -0.3 is 0 Å². The van der Waals surface area contributed by atoms with Crippen molar-refractivity contribution in [1.82, 2.24) is 19.5 Å². The molecule has 1 unspecified atom stereocenters. The number of aromatic nitrogens is 4. The Morgan fingerprint density at radius 1 is 0.519 bits per heavy atom. The van der Waals surface area contributed by atoms with Gasteiger partial charge in [0.25, 0.3) is 0 Å². The van der Waals surface area contributed by atoms with Crippen molar-refractivity contribution in [3.63, 3.8) is 0 Å². The SMILES string of the molecule is C1=CC2c3ccccc3/C3=C(\c4ccccc4)c4cccc5ccc6c(c(c1n6-c1nc(-c6ccccc6)nc(-c6ccc7ccccc7c6)n1)[C@@H]2C3)c45. The van der Waals surface area contributed by atoms with E-state index in [2.05, 4.69) is 156 Å². The van der Waals surface area contributed by atoms with Crippen molar-refractivity contribution in [2.45, 2.75) is 18.3 Å². The second kappa shape index (κ2) is 11.3. The average molecular weight is 689 g/mol. The first-order chi connectivity index (χ1) is 26.8. The largest absolute Gasteiger partial charge is 0.278 e. The predicted octanol–water partition coefficient (Wildman–Crippen LogP) is 12.0. The zero-order chi connectivity index (χ0) is 35.3. The molecule has 0 amide bonds. The van der Waals surface area contributed by atoms with E-state index in [9.17, 15) is 0 Å². The van der Waals surface area contributed by atoms with Crippen LogP contribution in [0.1, 0.15) is 51.8 Å². The molecule has 3 aliphatic carbocycles. The van der Waals surface area contributed by atoms with Crippen molar-refractivity contribution >= 4 is 49.7 Å². The van der Waals surface area contributed by atoms with Crippen LogP contribution < -0.4 is 0 Å². The normalized spacial score (nSPS) is 18.0. The van der Waals surface area contributed by atoms with Gasteiger partial charge in [-0.25, -0.2) is 4.98 Å². The third kappa shape index (κ3) is 4.22. The number of hydrogen-bond acceptors (Lipinski definition) is 3. The summed E-state index contributed by atoms with van der Waals surface area (Å²) in [6, 6.07) is 56.7. The van der Waals surface area contributed by atoms with Gasteiger partial charge in [-0.1, -0.05) is 152 Å². The molecular weight excluding hydrogens is 657 g/mol. The van der Waals surface area contributed by atoms with Crippen molar-refractivity contribution < 1.29 is 0 Å². The highest BCUT2D eigenvalue weighted by Gasteiger charge is 2.41. The summed E-state index contributed by atoms with van der Waals surface area (Å²) in [4.78, 5) is 15.8. The van der Waals surface area contributed by atoms with Crippen LogP contribution in [-0.2, 0) is 0 Å². The Hall–Kier alpha value is -6.91. The topological polar surface area (TPSA) is 43.6 Å². The van der Waals surface area contributed by atoms with Crippen LogP contribution in [-0.4, -0.2) is 19.5 Å². The first kappa shape index (κ1) is 29.6. The molecule has 252 valence electrons. The van der Waals surface area contributed by atoms with E-state index in [0.717, 1.165) is 34.1 Å². The summed E-state index contributed by atoms with van der Waals surface area (Å²) < 4.78 is 2.32. The summed E-state index contributed by atoms with van der Waals surface area (Å²) in [5.41, 5.74) is 13.6. The molecule has 0 saturated carbocycles. The molecule has 0 radical (unpaired) electrons. The highest BCUT2D eigenvalue weighted by molar-refractivity contribution is 6.19. The minimum absolute atomic E-state index is 0.256. The highest BCUT2D eigenvalue weighted by Crippen LogP contribution is 2.58. The quantitative estimate of drug-likeness (QED) is 0.185. The standard InChI is InChI=1S/C50H32N4/c1-3-13-31(14-4-1)44-39-21-11-18-32-24-26-43-47(45(32)39)46-41-29-40(44)37-20-10-9-19-36(37)38(41)25-27-42(46)54(43)50-52-48(33-15-5-2-6-16-33)51-49(53-50)35-23-22-30-12-7-8-17-34(30)28-35/h1-28,38,41H,29H2/b44-40+/t38?,41-/m1/s1. The van der Waals surface area contributed by atoms with Crippen molar-refractivity contribution in [2.75, 3.05) is 0 Å². The van der Waals surface area contributed by atoms with Crippen LogP contribution in [0.3, 0.4) is 0 Å². The van der Waals surface area contributed by atoms with Crippen LogP contribution in [0.25, 0.3) is 78.4 Å². The van der Waals surface area contributed by atoms with Crippen LogP contribution >= 0.6 is 0 Å². The molecule has 0 fully saturated rings. The molecule has 0 saturated heterocycles. The molecule has 4 bridgehead atoms. The monoisotopic (exact) mass is 688 g/mol. The Balaban J connectivity index is 1.20. The maximum absolute atomic E-state index is 5.35. The van der Waals surface area contributed by atoms with Crippen LogP contribution in [0.2, 0.25) is 0 Å². The van der Waals surface area contributed by atoms with Crippen molar-refractivity contribution in [3.8, 4) is 28.7 Å². The van der Waals surface area contributed by atoms with Gasteiger partial charge in [0.15, 0.2) is 11.6 Å². The number of rotatable bonds is 4. The molecule has 3 aliphatic rings. The molecule has 9 aromatic rings. The fourth-order valence-electron chi connectivity index (χ4n) is 9.59. The number of nitrogens with zero attached hydrogens (tertiary/aromatic N) is 4. The number of allylic oxidation sites excluding steroid dienone is 2. The lowest BCUT2D eigenvalue weighted by Crippen LogP contribution is -2.22. The van der Waals surface area contributed by atoms with E-state index in [1.807, 2.05) is 18.2 Å². The van der Waals surface area contributed by atoms with Gasteiger partial charge in [-0.15, -0.1) is 0 Å². The maximum Gasteiger partial charge on any atom is 0.238 e. The minimum atomic E-state index is 0.256. The maximum atomic E-state index is 5.35. The summed E-state index contributed by atoms with van der Waals surface area (Å²) in [5, 5.41) is 6.19. The first-order valence-corrected chi connectivity index (χ1v) is 18.8. The number of hydrogen-bond donors (Lipinski definition) is 0. The molecule has 12 rings (SSSR count). The number of fused-ring (bicyclic) bond motifs is 1. The third-order valence-electron chi connectivity index (χ3n) is 11.9. The highest BCUT2D eigenvalue weighted by atomic mass is 15.2. The lowest BCUT2D eigenvalue weighted by molar-refractivity contribution is 0.611. The van der Waals surface area contributed by atoms with Gasteiger partial charge in [0.1, 0.15) is 0 Å². The van der Waals surface area contributed by atoms with Crippen molar-refractivity contribution in [1.29, 1.82) is 0 Å². The molecular formula is C50H32N4. The molecule has 54 heavy (non-hydrogen) atoms. The number of benzene rings is 7. The second-order valence-electron chi connectivity index (χ2n) is 14.7. The van der Waals surface area contributed by atoms with E-state index in [1.54, 1.807) is 0 Å². The van der Waals surface area contributed by atoms with E-state index in [0.29, 0.717) is 17.6 Å². The Morgan fingerprint density at radius 3 is 2.06 bits per heavy atom. The van der Waals surface area contributed by atoms with Gasteiger partial charge in [-0.3, -0.25) is 4.57 Å². The Bertz CT molecular complexity index is 3080. The zero-order valence-electron chi connectivity index (χ0n) is 29.3. The lowest BCUT2D eigenvalue weighted by Gasteiger charge is -2.38. The summed E-state index contributed by atoms with van der Waals surface area (Å²) in [6.45, 7) is 0. The summed E-state index contributed by atoms with van der Waals surface area (Å²) in [6.07, 6.45) is 5.73. The summed E-state index contributed by atoms with van der Waals surface area (Å²) >= 11 is 0. The molecule has 4 heteroatoms. The van der Waals surface area contributed by atoms with E-state index < -0.39 is 0 Å². The molecule has 0 spiro atoms. The van der Waals surface area contributed by atoms with Gasteiger partial charge >= 0.3 is 0 Å². The molecule has 0 aliphatic heterocycles. The molecule has 7 aromatic carbocycles. The van der Waals surface area contributed by atoms with E-state index in [1.165, 1.54) is 60.5 Å². The minimum Gasteiger partial charge on any atom is -0.278 e. The zero-order valence-corrected chi connectivity index (χ0v) is 29.3. The van der Waals surface area contributed by atoms with E-state index in [4.69, 9.17) is 15.0 Å². The molecule has 2 atom stereocenters. The Labute approximate surface area is 312 Å². The Kier molecular flexibility index (Phi) is 6.20. The van der Waals surface area contributed by atoms with Crippen LogP contribution in [0.15, 0.2) is 164 Å². The van der Waals surface area contributed by atoms with Gasteiger partial charge in [0.2, 0.25) is 5.95 Å². The van der Waals surface area contributed by atoms with Gasteiger partial charge in [-0.2, -0.15) is 9.97 Å². The second-order valence-corrected chi connectivity index (χ2v) is 14.7. The van der Waals surface area contributed by atoms with Crippen LogP contribution in [0.4, 0.5) is 0 Å². The van der Waals surface area contributed by atoms with Gasteiger partial charge in [0.05, 0.1) is 11.2 Å². The van der Waals surface area contributed by atoms with Crippen molar-refractivity contribution in [3.05, 3.63) is 197 Å².